The van der Waals surface area contributed by atoms with Gasteiger partial charge in [0, 0.05) is 18.4 Å². The molecule has 2 N–H and O–H groups in total. The van der Waals surface area contributed by atoms with Crippen molar-refractivity contribution in [3.8, 4) is 5.75 Å². The number of para-hydroxylation sites is 1. The third-order valence-corrected chi connectivity index (χ3v) is 5.59. The maximum absolute atomic E-state index is 13.7. The lowest BCUT2D eigenvalue weighted by Crippen LogP contribution is -2.15. The molecule has 0 aliphatic carbocycles. The first-order valence-electron chi connectivity index (χ1n) is 9.29. The molecule has 0 heterocycles. The second-order valence-corrected chi connectivity index (χ2v) is 8.11. The number of nitrogens with one attached hydrogen (secondary N) is 2. The largest absolute Gasteiger partial charge is 0.491 e. The molecule has 0 saturated carbocycles. The number of carbonyl (C=O) groups is 1. The molecule has 1 amide bonds. The van der Waals surface area contributed by atoms with E-state index in [-0.39, 0.29) is 16.1 Å². The van der Waals surface area contributed by atoms with Gasteiger partial charge in [-0.2, -0.15) is 0 Å². The summed E-state index contributed by atoms with van der Waals surface area (Å²) in [6.45, 7) is 0.892. The van der Waals surface area contributed by atoms with E-state index in [1.54, 1.807) is 31.4 Å². The van der Waals surface area contributed by atoms with Crippen LogP contribution in [0.2, 0.25) is 0 Å². The molecular weight excluding hydrogens is 423 g/mol. The Morgan fingerprint density at radius 2 is 1.61 bits per heavy atom. The van der Waals surface area contributed by atoms with Crippen molar-refractivity contribution in [1.82, 2.24) is 0 Å². The van der Waals surface area contributed by atoms with Crippen LogP contribution in [-0.4, -0.2) is 34.6 Å². The number of benzene rings is 3. The third-order valence-electron chi connectivity index (χ3n) is 4.21. The maximum Gasteiger partial charge on any atom is 0.261 e. The highest BCUT2D eigenvalue weighted by Crippen LogP contribution is 2.20. The normalized spacial score (nSPS) is 11.0. The minimum absolute atomic E-state index is 0.0927. The minimum atomic E-state index is -4.00. The number of sulfonamides is 1. The lowest BCUT2D eigenvalue weighted by atomic mass is 10.2. The molecule has 0 spiro atoms. The fourth-order valence-corrected chi connectivity index (χ4v) is 3.68. The molecular formula is C22H21FN2O5S. The summed E-state index contributed by atoms with van der Waals surface area (Å²) in [6.07, 6.45) is 0. The zero-order chi connectivity index (χ0) is 22.3. The van der Waals surface area contributed by atoms with Crippen LogP contribution in [0.1, 0.15) is 10.4 Å². The van der Waals surface area contributed by atoms with Crippen LogP contribution in [0.5, 0.6) is 5.75 Å². The van der Waals surface area contributed by atoms with E-state index in [4.69, 9.17) is 9.47 Å². The Bertz CT molecular complexity index is 1130. The Morgan fingerprint density at radius 3 is 2.26 bits per heavy atom. The van der Waals surface area contributed by atoms with Gasteiger partial charge in [0.05, 0.1) is 17.2 Å². The van der Waals surface area contributed by atoms with Crippen molar-refractivity contribution >= 4 is 27.3 Å². The molecule has 0 radical (unpaired) electrons. The second-order valence-electron chi connectivity index (χ2n) is 6.43. The molecule has 0 fully saturated rings. The number of hydrogen-bond donors (Lipinski definition) is 2. The molecule has 9 heteroatoms. The Labute approximate surface area is 179 Å². The molecule has 162 valence electrons. The standard InChI is InChI=1S/C22H21FN2O5S/c1-29-14-15-30-18-10-8-17(9-11-18)24-22(26)16-6-12-19(13-7-16)31(27,28)25-21-5-3-2-4-20(21)23/h2-13,25H,14-15H2,1H3,(H,24,26). The van der Waals surface area contributed by atoms with Crippen molar-refractivity contribution in [3.05, 3.63) is 84.2 Å². The molecule has 0 aromatic heterocycles. The van der Waals surface area contributed by atoms with E-state index < -0.39 is 21.7 Å². The fraction of sp³-hybridized carbons (Fsp3) is 0.136. The second kappa shape index (κ2) is 10.1. The number of carbonyl (C=O) groups excluding carboxylic acids is 1. The summed E-state index contributed by atoms with van der Waals surface area (Å²) < 4.78 is 51.2. The SMILES string of the molecule is COCCOc1ccc(NC(=O)c2ccc(S(=O)(=O)Nc3ccccc3F)cc2)cc1. The van der Waals surface area contributed by atoms with Crippen molar-refractivity contribution in [1.29, 1.82) is 0 Å². The van der Waals surface area contributed by atoms with Gasteiger partial charge in [0.1, 0.15) is 18.2 Å². The van der Waals surface area contributed by atoms with Crippen molar-refractivity contribution in [2.45, 2.75) is 4.90 Å². The molecule has 31 heavy (non-hydrogen) atoms. The van der Waals surface area contributed by atoms with E-state index in [1.165, 1.54) is 42.5 Å². The van der Waals surface area contributed by atoms with Gasteiger partial charge in [-0.25, -0.2) is 12.8 Å². The van der Waals surface area contributed by atoms with E-state index in [9.17, 15) is 17.6 Å². The van der Waals surface area contributed by atoms with Gasteiger partial charge < -0.3 is 14.8 Å². The van der Waals surface area contributed by atoms with Gasteiger partial charge in [-0.3, -0.25) is 9.52 Å². The van der Waals surface area contributed by atoms with E-state index in [2.05, 4.69) is 10.0 Å². The highest BCUT2D eigenvalue weighted by Gasteiger charge is 2.17. The number of methoxy groups -OCH3 is 1. The molecule has 0 bridgehead atoms. The van der Waals surface area contributed by atoms with Crippen molar-refractivity contribution in [2.75, 3.05) is 30.4 Å². The number of anilines is 2. The monoisotopic (exact) mass is 444 g/mol. The van der Waals surface area contributed by atoms with Crippen molar-refractivity contribution < 1.29 is 27.1 Å². The number of hydrogen-bond acceptors (Lipinski definition) is 5. The van der Waals surface area contributed by atoms with Crippen LogP contribution in [-0.2, 0) is 14.8 Å². The van der Waals surface area contributed by atoms with Crippen molar-refractivity contribution in [2.24, 2.45) is 0 Å². The number of rotatable bonds is 9. The summed E-state index contributed by atoms with van der Waals surface area (Å²) in [6, 6.07) is 17.6. The Balaban J connectivity index is 1.64. The van der Waals surface area contributed by atoms with E-state index >= 15 is 0 Å². The van der Waals surface area contributed by atoms with Gasteiger partial charge in [0.15, 0.2) is 0 Å². The Morgan fingerprint density at radius 1 is 0.935 bits per heavy atom. The van der Waals surface area contributed by atoms with Gasteiger partial charge in [-0.1, -0.05) is 12.1 Å². The third kappa shape index (κ3) is 6.03. The molecule has 0 atom stereocenters. The lowest BCUT2D eigenvalue weighted by molar-refractivity contribution is 0.102. The molecule has 0 saturated heterocycles. The number of halogens is 1. The summed E-state index contributed by atoms with van der Waals surface area (Å²) in [5.74, 6) is -0.441. The zero-order valence-corrected chi connectivity index (χ0v) is 17.5. The topological polar surface area (TPSA) is 93.7 Å². The molecule has 3 aromatic rings. The molecule has 0 aliphatic heterocycles. The van der Waals surface area contributed by atoms with Crippen LogP contribution in [0.15, 0.2) is 77.7 Å². The van der Waals surface area contributed by atoms with Crippen LogP contribution < -0.4 is 14.8 Å². The Hall–Kier alpha value is -3.43. The highest BCUT2D eigenvalue weighted by molar-refractivity contribution is 7.92. The van der Waals surface area contributed by atoms with Crippen LogP contribution >= 0.6 is 0 Å². The molecule has 7 nitrogen and oxygen atoms in total. The van der Waals surface area contributed by atoms with E-state index in [0.29, 0.717) is 24.7 Å². The summed E-state index contributed by atoms with van der Waals surface area (Å²) in [7, 11) is -2.41. The first-order chi connectivity index (χ1) is 14.9. The summed E-state index contributed by atoms with van der Waals surface area (Å²) >= 11 is 0. The lowest BCUT2D eigenvalue weighted by Gasteiger charge is -2.10. The van der Waals surface area contributed by atoms with Gasteiger partial charge in [0.2, 0.25) is 0 Å². The summed E-state index contributed by atoms with van der Waals surface area (Å²) in [4.78, 5) is 12.3. The minimum Gasteiger partial charge on any atom is -0.491 e. The quantitative estimate of drug-likeness (QED) is 0.488. The van der Waals surface area contributed by atoms with Gasteiger partial charge in [-0.15, -0.1) is 0 Å². The first kappa shape index (κ1) is 22.3. The fourth-order valence-electron chi connectivity index (χ4n) is 2.61. The molecule has 0 aliphatic rings. The maximum atomic E-state index is 13.7. The predicted molar refractivity (Wildman–Crippen MR) is 115 cm³/mol. The van der Waals surface area contributed by atoms with Crippen LogP contribution in [0.4, 0.5) is 15.8 Å². The van der Waals surface area contributed by atoms with Crippen LogP contribution in [0, 0.1) is 5.82 Å². The first-order valence-corrected chi connectivity index (χ1v) is 10.8. The number of ether oxygens (including phenoxy) is 2. The van der Waals surface area contributed by atoms with Gasteiger partial charge in [0.25, 0.3) is 15.9 Å². The summed E-state index contributed by atoms with van der Waals surface area (Å²) in [5.41, 5.74) is 0.672. The van der Waals surface area contributed by atoms with Gasteiger partial charge >= 0.3 is 0 Å². The average Bonchev–Trinajstić information content (AvgIpc) is 2.77. The van der Waals surface area contributed by atoms with Gasteiger partial charge in [-0.05, 0) is 60.7 Å². The molecule has 3 aromatic carbocycles. The smallest absolute Gasteiger partial charge is 0.261 e. The molecule has 0 unspecified atom stereocenters. The van der Waals surface area contributed by atoms with Crippen LogP contribution in [0.25, 0.3) is 0 Å². The van der Waals surface area contributed by atoms with Crippen LogP contribution in [0.3, 0.4) is 0 Å². The van der Waals surface area contributed by atoms with E-state index in [0.717, 1.165) is 6.07 Å². The number of amides is 1. The highest BCUT2D eigenvalue weighted by atomic mass is 32.2. The average molecular weight is 444 g/mol. The summed E-state index contributed by atoms with van der Waals surface area (Å²) in [5, 5.41) is 2.72. The molecule has 3 rings (SSSR count). The van der Waals surface area contributed by atoms with Crippen molar-refractivity contribution in [3.63, 3.8) is 0 Å². The Kier molecular flexibility index (Phi) is 7.22. The van der Waals surface area contributed by atoms with E-state index in [1.807, 2.05) is 0 Å². The zero-order valence-electron chi connectivity index (χ0n) is 16.7. The predicted octanol–water partition coefficient (Wildman–Crippen LogP) is 3.90.